The Labute approximate surface area is 99.6 Å². The standard InChI is InChI=1S/C13H14N2O2/c16-11-8-15(10-6-7-14-12(10)11)13(17)9-4-2-1-3-5-9/h1-5,7,10-12,16H,6,8H2/t10-,11+,12+/m1/s1. The molecule has 1 fully saturated rings. The van der Waals surface area contributed by atoms with E-state index in [1.165, 1.54) is 0 Å². The van der Waals surface area contributed by atoms with E-state index >= 15 is 0 Å². The molecular weight excluding hydrogens is 216 g/mol. The third-order valence-corrected chi connectivity index (χ3v) is 3.48. The molecule has 0 aliphatic carbocycles. The van der Waals surface area contributed by atoms with Gasteiger partial charge in [-0.25, -0.2) is 0 Å². The summed E-state index contributed by atoms with van der Waals surface area (Å²) < 4.78 is 0. The zero-order valence-electron chi connectivity index (χ0n) is 9.36. The van der Waals surface area contributed by atoms with Crippen LogP contribution in [0.2, 0.25) is 0 Å². The number of amides is 1. The van der Waals surface area contributed by atoms with Crippen molar-refractivity contribution in [1.29, 1.82) is 0 Å². The molecule has 0 aromatic heterocycles. The Morgan fingerprint density at radius 2 is 2.12 bits per heavy atom. The fourth-order valence-corrected chi connectivity index (χ4v) is 2.62. The van der Waals surface area contributed by atoms with Gasteiger partial charge < -0.3 is 10.0 Å². The molecule has 0 radical (unpaired) electrons. The molecule has 3 atom stereocenters. The Hall–Kier alpha value is -1.68. The molecule has 1 amide bonds. The van der Waals surface area contributed by atoms with Crippen molar-refractivity contribution >= 4 is 12.1 Å². The van der Waals surface area contributed by atoms with Gasteiger partial charge in [0.25, 0.3) is 5.91 Å². The van der Waals surface area contributed by atoms with E-state index in [1.54, 1.807) is 17.0 Å². The molecule has 1 saturated heterocycles. The summed E-state index contributed by atoms with van der Waals surface area (Å²) in [5.41, 5.74) is 0.673. The molecular formula is C13H14N2O2. The van der Waals surface area contributed by atoms with Crippen molar-refractivity contribution < 1.29 is 9.90 Å². The van der Waals surface area contributed by atoms with Gasteiger partial charge in [0.15, 0.2) is 0 Å². The largest absolute Gasteiger partial charge is 0.389 e. The number of aliphatic hydroxyl groups is 1. The topological polar surface area (TPSA) is 52.9 Å². The molecule has 2 aliphatic heterocycles. The van der Waals surface area contributed by atoms with Crippen molar-refractivity contribution in [1.82, 2.24) is 4.90 Å². The lowest BCUT2D eigenvalue weighted by Gasteiger charge is -2.22. The minimum Gasteiger partial charge on any atom is -0.389 e. The Balaban J connectivity index is 1.84. The molecule has 4 nitrogen and oxygen atoms in total. The number of likely N-dealkylation sites (tertiary alicyclic amines) is 1. The maximum atomic E-state index is 12.3. The zero-order chi connectivity index (χ0) is 11.8. The van der Waals surface area contributed by atoms with Crippen LogP contribution in [0.3, 0.4) is 0 Å². The predicted molar refractivity (Wildman–Crippen MR) is 64.2 cm³/mol. The fraction of sp³-hybridized carbons (Fsp3) is 0.385. The van der Waals surface area contributed by atoms with E-state index in [0.29, 0.717) is 12.1 Å². The quantitative estimate of drug-likeness (QED) is 0.772. The van der Waals surface area contributed by atoms with Crippen LogP contribution in [-0.2, 0) is 0 Å². The van der Waals surface area contributed by atoms with E-state index in [-0.39, 0.29) is 18.0 Å². The number of rotatable bonds is 1. The number of aliphatic hydroxyl groups excluding tert-OH is 1. The second-order valence-electron chi connectivity index (χ2n) is 4.52. The summed E-state index contributed by atoms with van der Waals surface area (Å²) in [5, 5.41) is 9.86. The molecule has 2 aliphatic rings. The normalized spacial score (nSPS) is 30.6. The average molecular weight is 230 g/mol. The third kappa shape index (κ3) is 1.65. The van der Waals surface area contributed by atoms with Crippen molar-refractivity contribution in [3.8, 4) is 0 Å². The van der Waals surface area contributed by atoms with Gasteiger partial charge in [-0.15, -0.1) is 0 Å². The summed E-state index contributed by atoms with van der Waals surface area (Å²) in [6.45, 7) is 0.389. The van der Waals surface area contributed by atoms with Gasteiger partial charge in [-0.05, 0) is 12.1 Å². The molecule has 1 N–H and O–H groups in total. The van der Waals surface area contributed by atoms with Gasteiger partial charge >= 0.3 is 0 Å². The molecule has 2 heterocycles. The number of benzene rings is 1. The highest BCUT2D eigenvalue weighted by Gasteiger charge is 2.44. The zero-order valence-corrected chi connectivity index (χ0v) is 9.36. The summed E-state index contributed by atoms with van der Waals surface area (Å²) in [6.07, 6.45) is 2.04. The molecule has 0 unspecified atom stereocenters. The first-order valence-electron chi connectivity index (χ1n) is 5.83. The number of aliphatic imine (C=N–C) groups is 1. The molecule has 17 heavy (non-hydrogen) atoms. The summed E-state index contributed by atoms with van der Waals surface area (Å²) in [7, 11) is 0. The first-order chi connectivity index (χ1) is 8.27. The maximum absolute atomic E-state index is 12.3. The van der Waals surface area contributed by atoms with Gasteiger partial charge in [0.1, 0.15) is 0 Å². The molecule has 3 rings (SSSR count). The first-order valence-corrected chi connectivity index (χ1v) is 5.83. The van der Waals surface area contributed by atoms with E-state index < -0.39 is 6.10 Å². The lowest BCUT2D eigenvalue weighted by molar-refractivity contribution is 0.0721. The van der Waals surface area contributed by atoms with Crippen LogP contribution in [0.5, 0.6) is 0 Å². The Morgan fingerprint density at radius 1 is 1.35 bits per heavy atom. The van der Waals surface area contributed by atoms with Gasteiger partial charge in [0.05, 0.1) is 18.2 Å². The van der Waals surface area contributed by atoms with Crippen molar-refractivity contribution in [2.45, 2.75) is 24.6 Å². The minimum atomic E-state index is -0.522. The van der Waals surface area contributed by atoms with Crippen molar-refractivity contribution in [3.63, 3.8) is 0 Å². The number of β-amino-alcohol motifs (C(OH)–C–C–N with tert-alkyl or cyclic N) is 1. The van der Waals surface area contributed by atoms with Crippen LogP contribution >= 0.6 is 0 Å². The molecule has 4 heteroatoms. The van der Waals surface area contributed by atoms with Crippen LogP contribution in [0.15, 0.2) is 35.3 Å². The highest BCUT2D eigenvalue weighted by molar-refractivity contribution is 5.95. The van der Waals surface area contributed by atoms with Crippen LogP contribution in [0, 0.1) is 0 Å². The highest BCUT2D eigenvalue weighted by Crippen LogP contribution is 2.28. The van der Waals surface area contributed by atoms with Gasteiger partial charge in [-0.1, -0.05) is 18.2 Å². The minimum absolute atomic E-state index is 0.0114. The average Bonchev–Trinajstić information content (AvgIpc) is 2.94. The smallest absolute Gasteiger partial charge is 0.254 e. The summed E-state index contributed by atoms with van der Waals surface area (Å²) >= 11 is 0. The molecule has 1 aromatic rings. The summed E-state index contributed by atoms with van der Waals surface area (Å²) in [4.78, 5) is 18.3. The number of carbonyl (C=O) groups is 1. The van der Waals surface area contributed by atoms with Crippen LogP contribution in [0.4, 0.5) is 0 Å². The van der Waals surface area contributed by atoms with Crippen molar-refractivity contribution in [2.75, 3.05) is 6.54 Å². The number of hydrogen-bond donors (Lipinski definition) is 1. The molecule has 0 bridgehead atoms. The van der Waals surface area contributed by atoms with Gasteiger partial charge in [0, 0.05) is 24.7 Å². The fourth-order valence-electron chi connectivity index (χ4n) is 2.62. The van der Waals surface area contributed by atoms with Crippen LogP contribution in [0.1, 0.15) is 16.8 Å². The van der Waals surface area contributed by atoms with Crippen LogP contribution in [-0.4, -0.2) is 46.9 Å². The molecule has 0 spiro atoms. The third-order valence-electron chi connectivity index (χ3n) is 3.48. The SMILES string of the molecule is O=C(c1ccccc1)N1C[C@H](O)[C@H]2N=CC[C@H]21. The van der Waals surface area contributed by atoms with Gasteiger partial charge in [-0.3, -0.25) is 9.79 Å². The lowest BCUT2D eigenvalue weighted by atomic mass is 10.1. The summed E-state index contributed by atoms with van der Waals surface area (Å²) in [6, 6.07) is 9.11. The Bertz CT molecular complexity index is 458. The Kier molecular flexibility index (Phi) is 2.44. The monoisotopic (exact) mass is 230 g/mol. The number of nitrogens with zero attached hydrogens (tertiary/aromatic N) is 2. The molecule has 1 aromatic carbocycles. The second kappa shape index (κ2) is 3.96. The number of fused-ring (bicyclic) bond motifs is 1. The van der Waals surface area contributed by atoms with E-state index in [4.69, 9.17) is 0 Å². The van der Waals surface area contributed by atoms with E-state index in [9.17, 15) is 9.90 Å². The molecule has 0 saturated carbocycles. The van der Waals surface area contributed by atoms with Crippen molar-refractivity contribution in [3.05, 3.63) is 35.9 Å². The summed E-state index contributed by atoms with van der Waals surface area (Å²) in [5.74, 6) is -0.0114. The van der Waals surface area contributed by atoms with E-state index in [1.807, 2.05) is 24.4 Å². The highest BCUT2D eigenvalue weighted by atomic mass is 16.3. The predicted octanol–water partition coefficient (Wildman–Crippen LogP) is 0.715. The molecule has 88 valence electrons. The maximum Gasteiger partial charge on any atom is 0.254 e. The second-order valence-corrected chi connectivity index (χ2v) is 4.52. The van der Waals surface area contributed by atoms with Crippen molar-refractivity contribution in [2.24, 2.45) is 4.99 Å². The first kappa shape index (κ1) is 10.5. The number of carbonyl (C=O) groups excluding carboxylic acids is 1. The van der Waals surface area contributed by atoms with Crippen LogP contribution < -0.4 is 0 Å². The van der Waals surface area contributed by atoms with E-state index in [2.05, 4.69) is 4.99 Å². The Morgan fingerprint density at radius 3 is 2.88 bits per heavy atom. The van der Waals surface area contributed by atoms with E-state index in [0.717, 1.165) is 6.42 Å². The van der Waals surface area contributed by atoms with Crippen LogP contribution in [0.25, 0.3) is 0 Å². The number of hydrogen-bond acceptors (Lipinski definition) is 3. The lowest BCUT2D eigenvalue weighted by Crippen LogP contribution is -2.37. The van der Waals surface area contributed by atoms with Gasteiger partial charge in [-0.2, -0.15) is 0 Å². The van der Waals surface area contributed by atoms with Gasteiger partial charge in [0.2, 0.25) is 0 Å².